The van der Waals surface area contributed by atoms with E-state index in [4.69, 9.17) is 10.5 Å². The third-order valence-corrected chi connectivity index (χ3v) is 5.56. The van der Waals surface area contributed by atoms with Gasteiger partial charge in [0, 0.05) is 6.54 Å². The van der Waals surface area contributed by atoms with Crippen LogP contribution >= 0.6 is 0 Å². The van der Waals surface area contributed by atoms with E-state index < -0.39 is 31.1 Å². The van der Waals surface area contributed by atoms with Crippen LogP contribution in [0, 0.1) is 0 Å². The molecule has 4 atom stereocenters. The lowest BCUT2D eigenvalue weighted by atomic mass is 10.0. The second-order valence-corrected chi connectivity index (χ2v) is 7.48. The molecule has 0 spiro atoms. The van der Waals surface area contributed by atoms with E-state index in [2.05, 4.69) is 38.5 Å². The van der Waals surface area contributed by atoms with Crippen LogP contribution < -0.4 is 11.1 Å². The van der Waals surface area contributed by atoms with Gasteiger partial charge in [-0.05, 0) is 16.3 Å². The Labute approximate surface area is 176 Å². The molecule has 10 nitrogen and oxygen atoms in total. The van der Waals surface area contributed by atoms with E-state index in [1.165, 1.54) is 10.9 Å². The summed E-state index contributed by atoms with van der Waals surface area (Å²) in [7, 11) is 0. The lowest BCUT2D eigenvalue weighted by Crippen LogP contribution is -2.33. The molecule has 1 fully saturated rings. The van der Waals surface area contributed by atoms with Crippen LogP contribution in [0.5, 0.6) is 0 Å². The second-order valence-electron chi connectivity index (χ2n) is 7.48. The van der Waals surface area contributed by atoms with Crippen molar-refractivity contribution in [1.29, 1.82) is 0 Å². The van der Waals surface area contributed by atoms with Gasteiger partial charge < -0.3 is 31.1 Å². The van der Waals surface area contributed by atoms with Crippen LogP contribution in [0.15, 0.2) is 48.8 Å². The van der Waals surface area contributed by atoms with E-state index in [-0.39, 0.29) is 5.95 Å². The van der Waals surface area contributed by atoms with Crippen molar-refractivity contribution < 1.29 is 20.1 Å². The average Bonchev–Trinajstić information content (AvgIpc) is 3.32. The van der Waals surface area contributed by atoms with Crippen LogP contribution in [0.2, 0.25) is 0 Å². The van der Waals surface area contributed by atoms with E-state index >= 15 is 0 Å². The summed E-state index contributed by atoms with van der Waals surface area (Å²) in [6.07, 6.45) is -2.89. The normalized spacial score (nSPS) is 23.6. The van der Waals surface area contributed by atoms with E-state index in [9.17, 15) is 15.3 Å². The number of rotatable bonds is 5. The molecule has 10 heteroatoms. The number of nitrogens with one attached hydrogen (secondary N) is 1. The Balaban J connectivity index is 1.48. The Morgan fingerprint density at radius 3 is 2.68 bits per heavy atom. The van der Waals surface area contributed by atoms with Gasteiger partial charge in [0.05, 0.1) is 12.9 Å². The van der Waals surface area contributed by atoms with Gasteiger partial charge in [0.2, 0.25) is 5.95 Å². The fraction of sp³-hybridized carbons (Fsp3) is 0.286. The molecule has 3 heterocycles. The van der Waals surface area contributed by atoms with Gasteiger partial charge in [0.15, 0.2) is 23.2 Å². The predicted octanol–water partition coefficient (Wildman–Crippen LogP) is 0.785. The third-order valence-electron chi connectivity index (χ3n) is 5.56. The Hall–Kier alpha value is -3.31. The van der Waals surface area contributed by atoms with Gasteiger partial charge >= 0.3 is 0 Å². The predicted molar refractivity (Wildman–Crippen MR) is 114 cm³/mol. The zero-order valence-electron chi connectivity index (χ0n) is 16.5. The summed E-state index contributed by atoms with van der Waals surface area (Å²) in [6.45, 7) is 0.0734. The summed E-state index contributed by atoms with van der Waals surface area (Å²) in [6, 6.07) is 14.2. The first-order valence-corrected chi connectivity index (χ1v) is 9.90. The van der Waals surface area contributed by atoms with Crippen molar-refractivity contribution in [2.24, 2.45) is 0 Å². The number of aliphatic hydroxyl groups is 3. The maximum atomic E-state index is 10.4. The van der Waals surface area contributed by atoms with E-state index in [1.807, 2.05) is 24.3 Å². The third kappa shape index (κ3) is 3.35. The van der Waals surface area contributed by atoms with Crippen molar-refractivity contribution in [3.63, 3.8) is 0 Å². The van der Waals surface area contributed by atoms with Crippen molar-refractivity contribution in [2.75, 3.05) is 17.7 Å². The zero-order chi connectivity index (χ0) is 21.5. The van der Waals surface area contributed by atoms with Gasteiger partial charge in [-0.25, -0.2) is 4.98 Å². The molecule has 1 aliphatic rings. The van der Waals surface area contributed by atoms with Gasteiger partial charge in [0.25, 0.3) is 0 Å². The highest BCUT2D eigenvalue weighted by atomic mass is 16.6. The summed E-state index contributed by atoms with van der Waals surface area (Å²) >= 11 is 0. The Kier molecular flexibility index (Phi) is 4.91. The molecule has 2 aromatic carbocycles. The minimum atomic E-state index is -1.25. The molecule has 0 amide bonds. The molecule has 160 valence electrons. The smallest absolute Gasteiger partial charge is 0.224 e. The molecular formula is C21H22N6O4. The van der Waals surface area contributed by atoms with Crippen LogP contribution in [0.1, 0.15) is 11.8 Å². The summed E-state index contributed by atoms with van der Waals surface area (Å²) in [5.41, 5.74) is 7.82. The Morgan fingerprint density at radius 1 is 1.06 bits per heavy atom. The highest BCUT2D eigenvalue weighted by molar-refractivity contribution is 5.87. The van der Waals surface area contributed by atoms with Crippen LogP contribution in [-0.4, -0.2) is 59.8 Å². The first-order valence-electron chi connectivity index (χ1n) is 9.90. The number of anilines is 2. The number of fused-ring (bicyclic) bond motifs is 2. The zero-order valence-corrected chi connectivity index (χ0v) is 16.5. The number of nitrogen functional groups attached to an aromatic ring is 1. The standard InChI is InChI=1S/C21H22N6O4/c22-21-25-18(23-8-12-6-3-5-11-4-1-2-7-13(11)12)15-19(26-21)27(10-24-15)20-17(30)16(29)14(9-28)31-20/h1-7,10,14,16-17,20,28-30H,8-9H2,(H3,22,23,25,26)/t14-,16-,17-,20?/m1/s1. The number of nitrogens with two attached hydrogens (primary N) is 1. The molecule has 2 aromatic heterocycles. The topological polar surface area (TPSA) is 152 Å². The van der Waals surface area contributed by atoms with Crippen molar-refractivity contribution in [2.45, 2.75) is 31.1 Å². The molecule has 1 saturated heterocycles. The maximum Gasteiger partial charge on any atom is 0.224 e. The largest absolute Gasteiger partial charge is 0.394 e. The fourth-order valence-corrected chi connectivity index (χ4v) is 3.98. The monoisotopic (exact) mass is 422 g/mol. The van der Waals surface area contributed by atoms with Gasteiger partial charge in [-0.3, -0.25) is 4.57 Å². The van der Waals surface area contributed by atoms with Crippen molar-refractivity contribution in [3.8, 4) is 0 Å². The molecule has 5 rings (SSSR count). The summed E-state index contributed by atoms with van der Waals surface area (Å²) < 4.78 is 7.08. The van der Waals surface area contributed by atoms with Crippen LogP contribution in [-0.2, 0) is 11.3 Å². The van der Waals surface area contributed by atoms with Crippen LogP contribution in [0.3, 0.4) is 0 Å². The van der Waals surface area contributed by atoms with E-state index in [1.54, 1.807) is 0 Å². The minimum Gasteiger partial charge on any atom is -0.394 e. The van der Waals surface area contributed by atoms with Crippen LogP contribution in [0.25, 0.3) is 21.9 Å². The minimum absolute atomic E-state index is 0.0291. The van der Waals surface area contributed by atoms with Gasteiger partial charge in [0.1, 0.15) is 18.3 Å². The van der Waals surface area contributed by atoms with E-state index in [0.29, 0.717) is 23.5 Å². The lowest BCUT2D eigenvalue weighted by Gasteiger charge is -2.16. The summed E-state index contributed by atoms with van der Waals surface area (Å²) in [5.74, 6) is 0.474. The van der Waals surface area contributed by atoms with E-state index in [0.717, 1.165) is 16.3 Å². The second kappa shape index (κ2) is 7.75. The molecule has 0 saturated carbocycles. The number of nitrogens with zero attached hydrogens (tertiary/aromatic N) is 4. The number of hydrogen-bond donors (Lipinski definition) is 5. The van der Waals surface area contributed by atoms with Crippen molar-refractivity contribution in [3.05, 3.63) is 54.4 Å². The van der Waals surface area contributed by atoms with Crippen molar-refractivity contribution >= 4 is 33.7 Å². The molecule has 1 aliphatic heterocycles. The van der Waals surface area contributed by atoms with Gasteiger partial charge in [-0.1, -0.05) is 42.5 Å². The molecule has 0 aliphatic carbocycles. The number of hydrogen-bond acceptors (Lipinski definition) is 9. The number of aromatic nitrogens is 4. The first-order chi connectivity index (χ1) is 15.1. The van der Waals surface area contributed by atoms with Crippen molar-refractivity contribution in [1.82, 2.24) is 19.5 Å². The molecule has 0 radical (unpaired) electrons. The molecule has 4 aromatic rings. The summed E-state index contributed by atoms with van der Waals surface area (Å²) in [4.78, 5) is 12.9. The molecular weight excluding hydrogens is 400 g/mol. The number of aliphatic hydroxyl groups excluding tert-OH is 3. The van der Waals surface area contributed by atoms with Gasteiger partial charge in [-0.2, -0.15) is 9.97 Å². The molecule has 31 heavy (non-hydrogen) atoms. The number of benzene rings is 2. The first kappa shape index (κ1) is 19.6. The summed E-state index contributed by atoms with van der Waals surface area (Å²) in [5, 5.41) is 35.3. The fourth-order valence-electron chi connectivity index (χ4n) is 3.98. The number of ether oxygens (including phenoxy) is 1. The molecule has 6 N–H and O–H groups in total. The van der Waals surface area contributed by atoms with Crippen LogP contribution in [0.4, 0.5) is 11.8 Å². The Morgan fingerprint density at radius 2 is 1.87 bits per heavy atom. The average molecular weight is 422 g/mol. The van der Waals surface area contributed by atoms with Gasteiger partial charge in [-0.15, -0.1) is 0 Å². The molecule has 0 bridgehead atoms. The quantitative estimate of drug-likeness (QED) is 0.314. The maximum absolute atomic E-state index is 10.4. The number of imidazole rings is 1. The highest BCUT2D eigenvalue weighted by Gasteiger charge is 2.44. The SMILES string of the molecule is Nc1nc(NCc2cccc3ccccc23)c2ncn(C3O[C@H](CO)[C@@H](O)[C@H]3O)c2n1. The Bertz CT molecular complexity index is 1240. The lowest BCUT2D eigenvalue weighted by molar-refractivity contribution is -0.0511. The molecule has 1 unspecified atom stereocenters. The highest BCUT2D eigenvalue weighted by Crippen LogP contribution is 2.32.